The molecule has 1 amide bonds. The molecule has 1 unspecified atom stereocenters. The number of carbonyl (C=O) groups is 1. The van der Waals surface area contributed by atoms with Gasteiger partial charge in [0.25, 0.3) is 11.5 Å². The molecule has 3 N–H and O–H groups in total. The summed E-state index contributed by atoms with van der Waals surface area (Å²) in [7, 11) is 0. The van der Waals surface area contributed by atoms with Gasteiger partial charge in [0.15, 0.2) is 0 Å². The van der Waals surface area contributed by atoms with Gasteiger partial charge in [-0.05, 0) is 26.2 Å². The van der Waals surface area contributed by atoms with Crippen LogP contribution < -0.4 is 21.7 Å². The lowest BCUT2D eigenvalue weighted by Crippen LogP contribution is -2.40. The van der Waals surface area contributed by atoms with E-state index >= 15 is 0 Å². The van der Waals surface area contributed by atoms with Gasteiger partial charge in [-0.2, -0.15) is 5.10 Å². The van der Waals surface area contributed by atoms with Crippen molar-refractivity contribution in [2.75, 3.05) is 18.0 Å². The Morgan fingerprint density at radius 3 is 2.68 bits per heavy atom. The highest BCUT2D eigenvalue weighted by atomic mass is 16.2. The van der Waals surface area contributed by atoms with Gasteiger partial charge in [0.1, 0.15) is 6.04 Å². The second kappa shape index (κ2) is 5.83. The highest BCUT2D eigenvalue weighted by Crippen LogP contribution is 2.17. The first kappa shape index (κ1) is 13.5. The van der Waals surface area contributed by atoms with Crippen molar-refractivity contribution in [2.45, 2.75) is 32.2 Å². The SMILES string of the molecule is CC(C(=O)NN)n1ncc(N2CCCCC2)cc1=O. The number of carbonyl (C=O) groups excluding carboxylic acids is 1. The summed E-state index contributed by atoms with van der Waals surface area (Å²) in [5.74, 6) is 4.61. The predicted octanol–water partition coefficient (Wildman–Crippen LogP) is -0.215. The average molecular weight is 265 g/mol. The van der Waals surface area contributed by atoms with Crippen LogP contribution in [0.25, 0.3) is 0 Å². The van der Waals surface area contributed by atoms with Crippen molar-refractivity contribution >= 4 is 11.6 Å². The van der Waals surface area contributed by atoms with Crippen molar-refractivity contribution in [3.8, 4) is 0 Å². The van der Waals surface area contributed by atoms with E-state index < -0.39 is 11.9 Å². The molecule has 7 heteroatoms. The van der Waals surface area contributed by atoms with Crippen LogP contribution in [0.5, 0.6) is 0 Å². The first-order chi connectivity index (χ1) is 9.13. The summed E-state index contributed by atoms with van der Waals surface area (Å²) < 4.78 is 1.13. The zero-order valence-corrected chi connectivity index (χ0v) is 11.0. The minimum atomic E-state index is -0.715. The van der Waals surface area contributed by atoms with Crippen LogP contribution in [0.15, 0.2) is 17.1 Å². The molecule has 0 radical (unpaired) electrons. The Morgan fingerprint density at radius 1 is 1.42 bits per heavy atom. The highest BCUT2D eigenvalue weighted by Gasteiger charge is 2.18. The van der Waals surface area contributed by atoms with Gasteiger partial charge in [0.2, 0.25) is 0 Å². The number of hydrogen-bond acceptors (Lipinski definition) is 5. The van der Waals surface area contributed by atoms with Crippen LogP contribution in [-0.2, 0) is 4.79 Å². The first-order valence-electron chi connectivity index (χ1n) is 6.48. The zero-order valence-electron chi connectivity index (χ0n) is 11.0. The summed E-state index contributed by atoms with van der Waals surface area (Å²) in [5.41, 5.74) is 2.55. The lowest BCUT2D eigenvalue weighted by Gasteiger charge is -2.28. The maximum atomic E-state index is 12.0. The van der Waals surface area contributed by atoms with Gasteiger partial charge in [-0.15, -0.1) is 0 Å². The van der Waals surface area contributed by atoms with Crippen molar-refractivity contribution in [3.63, 3.8) is 0 Å². The van der Waals surface area contributed by atoms with E-state index in [4.69, 9.17) is 5.84 Å². The van der Waals surface area contributed by atoms with Gasteiger partial charge in [-0.25, -0.2) is 10.5 Å². The molecule has 0 aromatic carbocycles. The van der Waals surface area contributed by atoms with E-state index in [2.05, 4.69) is 10.00 Å². The number of nitrogens with one attached hydrogen (secondary N) is 1. The smallest absolute Gasteiger partial charge is 0.269 e. The molecule has 0 bridgehead atoms. The summed E-state index contributed by atoms with van der Waals surface area (Å²) in [6.07, 6.45) is 5.13. The molecule has 0 saturated carbocycles. The van der Waals surface area contributed by atoms with Gasteiger partial charge < -0.3 is 4.90 Å². The number of anilines is 1. The van der Waals surface area contributed by atoms with Crippen molar-refractivity contribution in [1.82, 2.24) is 15.2 Å². The lowest BCUT2D eigenvalue weighted by atomic mass is 10.1. The number of hydrazine groups is 1. The van der Waals surface area contributed by atoms with Gasteiger partial charge in [-0.1, -0.05) is 0 Å². The summed E-state index contributed by atoms with van der Waals surface area (Å²) in [6, 6.07) is 0.812. The Morgan fingerprint density at radius 2 is 2.11 bits per heavy atom. The van der Waals surface area contributed by atoms with Crippen LogP contribution in [0.1, 0.15) is 32.2 Å². The Hall–Kier alpha value is -1.89. The van der Waals surface area contributed by atoms with E-state index in [1.165, 1.54) is 12.5 Å². The molecule has 2 heterocycles. The minimum Gasteiger partial charge on any atom is -0.370 e. The molecular weight excluding hydrogens is 246 g/mol. The fourth-order valence-electron chi connectivity index (χ4n) is 2.26. The van der Waals surface area contributed by atoms with Crippen LogP contribution in [0.4, 0.5) is 5.69 Å². The molecule has 0 spiro atoms. The number of piperidine rings is 1. The Kier molecular flexibility index (Phi) is 4.16. The van der Waals surface area contributed by atoms with E-state index in [-0.39, 0.29) is 5.56 Å². The zero-order chi connectivity index (χ0) is 13.8. The Balaban J connectivity index is 2.21. The highest BCUT2D eigenvalue weighted by molar-refractivity contribution is 5.79. The molecule has 1 fully saturated rings. The monoisotopic (exact) mass is 265 g/mol. The van der Waals surface area contributed by atoms with E-state index in [1.807, 2.05) is 5.43 Å². The van der Waals surface area contributed by atoms with Crippen molar-refractivity contribution in [1.29, 1.82) is 0 Å². The molecule has 2 rings (SSSR count). The molecule has 1 aromatic heterocycles. The molecule has 1 aliphatic rings. The fourth-order valence-corrected chi connectivity index (χ4v) is 2.26. The Bertz CT molecular complexity index is 507. The average Bonchev–Trinajstić information content (AvgIpc) is 2.46. The lowest BCUT2D eigenvalue weighted by molar-refractivity contribution is -0.124. The molecule has 1 aliphatic heterocycles. The third-order valence-electron chi connectivity index (χ3n) is 3.42. The second-order valence-corrected chi connectivity index (χ2v) is 4.73. The molecular formula is C12H19N5O2. The maximum absolute atomic E-state index is 12.0. The predicted molar refractivity (Wildman–Crippen MR) is 71.6 cm³/mol. The normalized spacial score (nSPS) is 17.1. The van der Waals surface area contributed by atoms with Crippen LogP contribution in [0.2, 0.25) is 0 Å². The molecule has 1 atom stereocenters. The van der Waals surface area contributed by atoms with Gasteiger partial charge in [0.05, 0.1) is 11.9 Å². The van der Waals surface area contributed by atoms with Gasteiger partial charge in [0, 0.05) is 19.2 Å². The molecule has 1 saturated heterocycles. The van der Waals surface area contributed by atoms with E-state index in [0.717, 1.165) is 36.3 Å². The van der Waals surface area contributed by atoms with Crippen LogP contribution in [0, 0.1) is 0 Å². The summed E-state index contributed by atoms with van der Waals surface area (Å²) in [6.45, 7) is 3.48. The fraction of sp³-hybridized carbons (Fsp3) is 0.583. The summed E-state index contributed by atoms with van der Waals surface area (Å²) in [4.78, 5) is 25.6. The third kappa shape index (κ3) is 2.93. The second-order valence-electron chi connectivity index (χ2n) is 4.73. The van der Waals surface area contributed by atoms with Crippen molar-refractivity contribution < 1.29 is 4.79 Å². The molecule has 104 valence electrons. The van der Waals surface area contributed by atoms with Crippen LogP contribution >= 0.6 is 0 Å². The van der Waals surface area contributed by atoms with Crippen LogP contribution in [0.3, 0.4) is 0 Å². The number of nitrogens with zero attached hydrogens (tertiary/aromatic N) is 3. The topological polar surface area (TPSA) is 93.2 Å². The number of hydrogen-bond donors (Lipinski definition) is 2. The summed E-state index contributed by atoms with van der Waals surface area (Å²) in [5, 5.41) is 4.07. The van der Waals surface area contributed by atoms with E-state index in [0.29, 0.717) is 0 Å². The number of amides is 1. The number of aromatic nitrogens is 2. The third-order valence-corrected chi connectivity index (χ3v) is 3.42. The quantitative estimate of drug-likeness (QED) is 0.448. The van der Waals surface area contributed by atoms with E-state index in [9.17, 15) is 9.59 Å². The maximum Gasteiger partial charge on any atom is 0.269 e. The first-order valence-corrected chi connectivity index (χ1v) is 6.48. The molecule has 7 nitrogen and oxygen atoms in total. The Labute approximate surface area is 111 Å². The number of nitrogens with two attached hydrogens (primary N) is 1. The van der Waals surface area contributed by atoms with Gasteiger partial charge in [-0.3, -0.25) is 15.0 Å². The van der Waals surface area contributed by atoms with Gasteiger partial charge >= 0.3 is 0 Å². The minimum absolute atomic E-state index is 0.292. The number of rotatable bonds is 3. The molecule has 0 aliphatic carbocycles. The standard InChI is InChI=1S/C12H19N5O2/c1-9(12(19)15-13)17-11(18)7-10(8-14-17)16-5-3-2-4-6-16/h7-9H,2-6,13H2,1H3,(H,15,19). The molecule has 1 aromatic rings. The van der Waals surface area contributed by atoms with Crippen molar-refractivity contribution in [2.24, 2.45) is 5.84 Å². The largest absolute Gasteiger partial charge is 0.370 e. The molecule has 19 heavy (non-hydrogen) atoms. The van der Waals surface area contributed by atoms with Crippen LogP contribution in [-0.4, -0.2) is 28.8 Å². The summed E-state index contributed by atoms with van der Waals surface area (Å²) >= 11 is 0. The van der Waals surface area contributed by atoms with E-state index in [1.54, 1.807) is 13.1 Å². The van der Waals surface area contributed by atoms with Crippen molar-refractivity contribution in [3.05, 3.63) is 22.6 Å².